The van der Waals surface area contributed by atoms with Crippen LogP contribution in [0.4, 0.5) is 5.69 Å². The molecule has 20 heavy (non-hydrogen) atoms. The number of hydrogen-bond acceptors (Lipinski definition) is 3. The standard InChI is InChI=1S/C17H24N2S/c1-4-19(17-8-6-5-7-14(17)2)12-11-18-13-16-10-9-15(3)20-16/h5-10,18H,4,11-13H2,1-3H3. The summed E-state index contributed by atoms with van der Waals surface area (Å²) >= 11 is 1.88. The van der Waals surface area contributed by atoms with Gasteiger partial charge in [-0.2, -0.15) is 0 Å². The molecule has 1 heterocycles. The van der Waals surface area contributed by atoms with Crippen molar-refractivity contribution in [2.75, 3.05) is 24.5 Å². The van der Waals surface area contributed by atoms with E-state index in [0.717, 1.165) is 26.2 Å². The van der Waals surface area contributed by atoms with Gasteiger partial charge in [0.1, 0.15) is 0 Å². The summed E-state index contributed by atoms with van der Waals surface area (Å²) in [5, 5.41) is 3.54. The van der Waals surface area contributed by atoms with Crippen molar-refractivity contribution >= 4 is 17.0 Å². The minimum absolute atomic E-state index is 0.976. The zero-order chi connectivity index (χ0) is 14.4. The van der Waals surface area contributed by atoms with Crippen LogP contribution >= 0.6 is 11.3 Å². The molecule has 3 heteroatoms. The summed E-state index contributed by atoms with van der Waals surface area (Å²) in [4.78, 5) is 5.24. The summed E-state index contributed by atoms with van der Waals surface area (Å²) in [5.74, 6) is 0. The highest BCUT2D eigenvalue weighted by Crippen LogP contribution is 2.18. The molecular formula is C17H24N2S. The number of hydrogen-bond donors (Lipinski definition) is 1. The van der Waals surface area contributed by atoms with E-state index in [9.17, 15) is 0 Å². The Morgan fingerprint density at radius 2 is 1.90 bits per heavy atom. The molecule has 0 aliphatic heterocycles. The first-order valence-corrected chi connectivity index (χ1v) is 8.09. The molecule has 1 N–H and O–H groups in total. The highest BCUT2D eigenvalue weighted by molar-refractivity contribution is 7.11. The van der Waals surface area contributed by atoms with Crippen molar-refractivity contribution in [2.45, 2.75) is 27.3 Å². The van der Waals surface area contributed by atoms with E-state index < -0.39 is 0 Å². The lowest BCUT2D eigenvalue weighted by atomic mass is 10.2. The van der Waals surface area contributed by atoms with Gasteiger partial charge in [0, 0.05) is 41.6 Å². The van der Waals surface area contributed by atoms with Crippen molar-refractivity contribution < 1.29 is 0 Å². The Kier molecular flexibility index (Phi) is 5.62. The molecule has 0 fully saturated rings. The highest BCUT2D eigenvalue weighted by atomic mass is 32.1. The van der Waals surface area contributed by atoms with Crippen LogP contribution in [0, 0.1) is 13.8 Å². The fourth-order valence-electron chi connectivity index (χ4n) is 2.37. The van der Waals surface area contributed by atoms with Crippen LogP contribution in [-0.4, -0.2) is 19.6 Å². The Hall–Kier alpha value is -1.32. The lowest BCUT2D eigenvalue weighted by molar-refractivity contribution is 0.670. The smallest absolute Gasteiger partial charge is 0.0396 e. The molecule has 1 aromatic carbocycles. The van der Waals surface area contributed by atoms with Gasteiger partial charge in [0.15, 0.2) is 0 Å². The number of nitrogens with one attached hydrogen (secondary N) is 1. The van der Waals surface area contributed by atoms with E-state index in [2.05, 4.69) is 67.4 Å². The van der Waals surface area contributed by atoms with Gasteiger partial charge < -0.3 is 10.2 Å². The third-order valence-electron chi connectivity index (χ3n) is 3.49. The van der Waals surface area contributed by atoms with E-state index in [0.29, 0.717) is 0 Å². The van der Waals surface area contributed by atoms with Gasteiger partial charge in [-0.25, -0.2) is 0 Å². The summed E-state index contributed by atoms with van der Waals surface area (Å²) in [6.45, 7) is 10.6. The monoisotopic (exact) mass is 288 g/mol. The maximum absolute atomic E-state index is 3.54. The van der Waals surface area contributed by atoms with Gasteiger partial charge in [-0.1, -0.05) is 18.2 Å². The first-order chi connectivity index (χ1) is 9.70. The fraction of sp³-hybridized carbons (Fsp3) is 0.412. The van der Waals surface area contributed by atoms with E-state index in [1.165, 1.54) is 21.0 Å². The van der Waals surface area contributed by atoms with E-state index in [4.69, 9.17) is 0 Å². The van der Waals surface area contributed by atoms with Crippen molar-refractivity contribution in [3.63, 3.8) is 0 Å². The average molecular weight is 288 g/mol. The molecule has 0 saturated heterocycles. The summed E-state index contributed by atoms with van der Waals surface area (Å²) in [6.07, 6.45) is 0. The van der Waals surface area contributed by atoms with Crippen LogP contribution < -0.4 is 10.2 Å². The van der Waals surface area contributed by atoms with Crippen LogP contribution in [0.2, 0.25) is 0 Å². The molecule has 0 saturated carbocycles. The summed E-state index contributed by atoms with van der Waals surface area (Å²) in [5.41, 5.74) is 2.70. The number of rotatable bonds is 7. The van der Waals surface area contributed by atoms with Crippen LogP contribution in [0.1, 0.15) is 22.2 Å². The maximum atomic E-state index is 3.54. The lowest BCUT2D eigenvalue weighted by Gasteiger charge is -2.25. The average Bonchev–Trinajstić information content (AvgIpc) is 2.86. The van der Waals surface area contributed by atoms with Gasteiger partial charge >= 0.3 is 0 Å². The molecule has 0 atom stereocenters. The lowest BCUT2D eigenvalue weighted by Crippen LogP contribution is -2.32. The van der Waals surface area contributed by atoms with Gasteiger partial charge in [0.2, 0.25) is 0 Å². The molecule has 0 aliphatic rings. The van der Waals surface area contributed by atoms with Crippen molar-refractivity contribution in [3.8, 4) is 0 Å². The number of anilines is 1. The van der Waals surface area contributed by atoms with Gasteiger partial charge in [-0.3, -0.25) is 0 Å². The first-order valence-electron chi connectivity index (χ1n) is 7.27. The number of benzene rings is 1. The second-order valence-electron chi connectivity index (χ2n) is 5.06. The first kappa shape index (κ1) is 15.1. The Morgan fingerprint density at radius 1 is 1.10 bits per heavy atom. The molecule has 0 amide bonds. The van der Waals surface area contributed by atoms with Crippen molar-refractivity contribution in [3.05, 3.63) is 51.7 Å². The Morgan fingerprint density at radius 3 is 2.55 bits per heavy atom. The molecule has 0 aliphatic carbocycles. The number of likely N-dealkylation sites (N-methyl/N-ethyl adjacent to an activating group) is 1. The zero-order valence-corrected chi connectivity index (χ0v) is 13.5. The van der Waals surface area contributed by atoms with Gasteiger partial charge in [-0.05, 0) is 44.5 Å². The Labute approximate surface area is 126 Å². The van der Waals surface area contributed by atoms with Crippen molar-refractivity contribution in [1.29, 1.82) is 0 Å². The largest absolute Gasteiger partial charge is 0.370 e. The maximum Gasteiger partial charge on any atom is 0.0396 e. The molecule has 0 radical (unpaired) electrons. The van der Waals surface area contributed by atoms with E-state index in [1.54, 1.807) is 0 Å². The summed E-state index contributed by atoms with van der Waals surface area (Å²) in [6, 6.07) is 13.0. The predicted octanol–water partition coefficient (Wildman–Crippen LogP) is 3.98. The van der Waals surface area contributed by atoms with Crippen molar-refractivity contribution in [1.82, 2.24) is 5.32 Å². The Balaban J connectivity index is 1.81. The SMILES string of the molecule is CCN(CCNCc1ccc(C)s1)c1ccccc1C. The molecular weight excluding hydrogens is 264 g/mol. The molecule has 0 spiro atoms. The van der Waals surface area contributed by atoms with E-state index >= 15 is 0 Å². The van der Waals surface area contributed by atoms with Gasteiger partial charge in [0.25, 0.3) is 0 Å². The van der Waals surface area contributed by atoms with Gasteiger partial charge in [0.05, 0.1) is 0 Å². The highest BCUT2D eigenvalue weighted by Gasteiger charge is 2.06. The molecule has 0 unspecified atom stereocenters. The third-order valence-corrected chi connectivity index (χ3v) is 4.49. The van der Waals surface area contributed by atoms with E-state index in [-0.39, 0.29) is 0 Å². The minimum Gasteiger partial charge on any atom is -0.370 e. The molecule has 2 aromatic rings. The molecule has 2 nitrogen and oxygen atoms in total. The van der Waals surface area contributed by atoms with Crippen molar-refractivity contribution in [2.24, 2.45) is 0 Å². The topological polar surface area (TPSA) is 15.3 Å². The Bertz CT molecular complexity index is 533. The zero-order valence-electron chi connectivity index (χ0n) is 12.6. The second kappa shape index (κ2) is 7.46. The number of nitrogens with zero attached hydrogens (tertiary/aromatic N) is 1. The number of aryl methyl sites for hydroxylation is 2. The molecule has 0 bridgehead atoms. The molecule has 1 aromatic heterocycles. The third kappa shape index (κ3) is 4.09. The normalized spacial score (nSPS) is 10.8. The summed E-state index contributed by atoms with van der Waals surface area (Å²) in [7, 11) is 0. The second-order valence-corrected chi connectivity index (χ2v) is 6.43. The predicted molar refractivity (Wildman–Crippen MR) is 89.8 cm³/mol. The minimum atomic E-state index is 0.976. The van der Waals surface area contributed by atoms with Crippen LogP contribution in [0.5, 0.6) is 0 Å². The van der Waals surface area contributed by atoms with Crippen LogP contribution in [0.25, 0.3) is 0 Å². The van der Waals surface area contributed by atoms with Gasteiger partial charge in [-0.15, -0.1) is 11.3 Å². The van der Waals surface area contributed by atoms with Crippen LogP contribution in [-0.2, 0) is 6.54 Å². The van der Waals surface area contributed by atoms with E-state index in [1.807, 2.05) is 11.3 Å². The molecule has 108 valence electrons. The number of thiophene rings is 1. The van der Waals surface area contributed by atoms with Crippen LogP contribution in [0.15, 0.2) is 36.4 Å². The fourth-order valence-corrected chi connectivity index (χ4v) is 3.23. The molecule has 2 rings (SSSR count). The van der Waals surface area contributed by atoms with Crippen LogP contribution in [0.3, 0.4) is 0 Å². The number of para-hydroxylation sites is 1. The summed E-state index contributed by atoms with van der Waals surface area (Å²) < 4.78 is 0. The quantitative estimate of drug-likeness (QED) is 0.775.